The number of amides is 1. The lowest BCUT2D eigenvalue weighted by molar-refractivity contribution is -0.125. The van der Waals surface area contributed by atoms with Gasteiger partial charge in [0.05, 0.1) is 25.5 Å². The minimum atomic E-state index is -1.13. The van der Waals surface area contributed by atoms with Crippen LogP contribution in [0.2, 0.25) is 0 Å². The third kappa shape index (κ3) is 4.97. The number of esters is 1. The van der Waals surface area contributed by atoms with E-state index in [2.05, 4.69) is 5.32 Å². The summed E-state index contributed by atoms with van der Waals surface area (Å²) < 4.78 is 16.0. The van der Waals surface area contributed by atoms with E-state index in [4.69, 9.17) is 14.2 Å². The molecule has 0 aliphatic carbocycles. The second kappa shape index (κ2) is 9.60. The van der Waals surface area contributed by atoms with Gasteiger partial charge in [-0.1, -0.05) is 36.4 Å². The molecule has 3 aromatic rings. The van der Waals surface area contributed by atoms with Gasteiger partial charge in [-0.25, -0.2) is 4.79 Å². The highest BCUT2D eigenvalue weighted by Gasteiger charge is 2.26. The average Bonchev–Trinajstić information content (AvgIpc) is 2.78. The molecule has 0 saturated carbocycles. The number of carbonyl (C=O) groups excluding carboxylic acids is 2. The van der Waals surface area contributed by atoms with Gasteiger partial charge in [-0.2, -0.15) is 0 Å². The Morgan fingerprint density at radius 3 is 2.20 bits per heavy atom. The first kappa shape index (κ1) is 20.9. The first-order valence-electron chi connectivity index (χ1n) is 9.37. The molecule has 0 spiro atoms. The summed E-state index contributed by atoms with van der Waals surface area (Å²) >= 11 is 0. The zero-order valence-corrected chi connectivity index (χ0v) is 17.0. The first-order valence-corrected chi connectivity index (χ1v) is 9.37. The molecule has 6 nitrogen and oxygen atoms in total. The molecule has 3 rings (SSSR count). The maximum Gasteiger partial charge on any atom is 0.339 e. The fraction of sp³-hybridized carbons (Fsp3) is 0.167. The molecule has 154 valence electrons. The molecule has 0 aliphatic rings. The van der Waals surface area contributed by atoms with Crippen LogP contribution in [0, 0.1) is 6.92 Å². The van der Waals surface area contributed by atoms with Crippen LogP contribution in [0.4, 0.5) is 5.69 Å². The van der Waals surface area contributed by atoms with Gasteiger partial charge in [-0.15, -0.1) is 0 Å². The smallest absolute Gasteiger partial charge is 0.339 e. The summed E-state index contributed by atoms with van der Waals surface area (Å²) in [5, 5.41) is 2.81. The molecule has 30 heavy (non-hydrogen) atoms. The number of carbonyl (C=O) groups is 2. The van der Waals surface area contributed by atoms with E-state index in [1.165, 1.54) is 7.11 Å². The number of benzene rings is 3. The summed E-state index contributed by atoms with van der Waals surface area (Å²) in [7, 11) is 3.07. The Morgan fingerprint density at radius 1 is 0.867 bits per heavy atom. The topological polar surface area (TPSA) is 73.9 Å². The predicted octanol–water partition coefficient (Wildman–Crippen LogP) is 4.55. The van der Waals surface area contributed by atoms with Crippen molar-refractivity contribution in [3.8, 4) is 11.5 Å². The monoisotopic (exact) mass is 405 g/mol. The number of hydrogen-bond donors (Lipinski definition) is 1. The van der Waals surface area contributed by atoms with Crippen LogP contribution in [0.3, 0.4) is 0 Å². The van der Waals surface area contributed by atoms with Crippen LogP contribution < -0.4 is 14.8 Å². The van der Waals surface area contributed by atoms with Crippen LogP contribution in [0.25, 0.3) is 0 Å². The number of ether oxygens (including phenoxy) is 3. The molecule has 0 fully saturated rings. The summed E-state index contributed by atoms with van der Waals surface area (Å²) in [5.41, 5.74) is 2.34. The van der Waals surface area contributed by atoms with Crippen molar-refractivity contribution in [2.75, 3.05) is 19.5 Å². The van der Waals surface area contributed by atoms with Crippen LogP contribution in [-0.2, 0) is 9.53 Å². The fourth-order valence-corrected chi connectivity index (χ4v) is 2.92. The van der Waals surface area contributed by atoms with Gasteiger partial charge in [-0.3, -0.25) is 4.79 Å². The van der Waals surface area contributed by atoms with Crippen molar-refractivity contribution >= 4 is 17.6 Å². The summed E-state index contributed by atoms with van der Waals surface area (Å²) in [4.78, 5) is 25.8. The van der Waals surface area contributed by atoms with E-state index in [1.54, 1.807) is 67.8 Å². The quantitative estimate of drug-likeness (QED) is 0.584. The molecular weight excluding hydrogens is 382 g/mol. The fourth-order valence-electron chi connectivity index (χ4n) is 2.92. The van der Waals surface area contributed by atoms with Gasteiger partial charge in [0.15, 0.2) is 0 Å². The Morgan fingerprint density at radius 2 is 1.57 bits per heavy atom. The van der Waals surface area contributed by atoms with Gasteiger partial charge in [-0.05, 0) is 48.9 Å². The number of anilines is 1. The Balaban J connectivity index is 1.86. The van der Waals surface area contributed by atoms with E-state index in [0.717, 1.165) is 5.56 Å². The van der Waals surface area contributed by atoms with Crippen molar-refractivity contribution < 1.29 is 23.8 Å². The molecule has 1 N–H and O–H groups in total. The maximum atomic E-state index is 13.1. The molecule has 0 radical (unpaired) electrons. The molecule has 3 aromatic carbocycles. The number of rotatable bonds is 7. The van der Waals surface area contributed by atoms with E-state index < -0.39 is 18.0 Å². The van der Waals surface area contributed by atoms with Crippen molar-refractivity contribution in [1.82, 2.24) is 0 Å². The highest BCUT2D eigenvalue weighted by atomic mass is 16.5. The third-order valence-corrected chi connectivity index (χ3v) is 4.50. The second-order valence-electron chi connectivity index (χ2n) is 6.62. The average molecular weight is 405 g/mol. The van der Waals surface area contributed by atoms with Gasteiger partial charge in [0.25, 0.3) is 5.91 Å². The Hall–Kier alpha value is -3.80. The third-order valence-electron chi connectivity index (χ3n) is 4.50. The molecule has 0 bridgehead atoms. The predicted molar refractivity (Wildman–Crippen MR) is 114 cm³/mol. The van der Waals surface area contributed by atoms with E-state index in [1.807, 2.05) is 19.1 Å². The lowest BCUT2D eigenvalue weighted by Gasteiger charge is -2.19. The van der Waals surface area contributed by atoms with Gasteiger partial charge in [0.2, 0.25) is 6.10 Å². The molecule has 0 aliphatic heterocycles. The number of aryl methyl sites for hydroxylation is 1. The number of nitrogens with one attached hydrogen (secondary N) is 1. The van der Waals surface area contributed by atoms with Gasteiger partial charge < -0.3 is 19.5 Å². The standard InChI is InChI=1S/C24H23NO5/c1-16-9-14-21(29-3)20(15-16)25-23(26)22(17-7-5-4-6-8-17)30-24(27)18-10-12-19(28-2)13-11-18/h4-15,22H,1-3H3,(H,25,26). The molecule has 6 heteroatoms. The minimum absolute atomic E-state index is 0.317. The molecule has 0 aromatic heterocycles. The van der Waals surface area contributed by atoms with Gasteiger partial charge in [0.1, 0.15) is 11.5 Å². The largest absolute Gasteiger partial charge is 0.497 e. The number of hydrogen-bond acceptors (Lipinski definition) is 5. The Labute approximate surface area is 175 Å². The van der Waals surface area contributed by atoms with Crippen LogP contribution in [0.1, 0.15) is 27.6 Å². The molecule has 1 amide bonds. The zero-order chi connectivity index (χ0) is 21.5. The first-order chi connectivity index (χ1) is 14.5. The second-order valence-corrected chi connectivity index (χ2v) is 6.62. The van der Waals surface area contributed by atoms with E-state index in [9.17, 15) is 9.59 Å². The normalized spacial score (nSPS) is 11.3. The summed E-state index contributed by atoms with van der Waals surface area (Å²) in [5.74, 6) is 0.0440. The van der Waals surface area contributed by atoms with Crippen molar-refractivity contribution in [3.05, 3.63) is 89.5 Å². The highest BCUT2D eigenvalue weighted by molar-refractivity contribution is 5.99. The summed E-state index contributed by atoms with van der Waals surface area (Å²) in [6, 6.07) is 20.8. The van der Waals surface area contributed by atoms with E-state index >= 15 is 0 Å². The maximum absolute atomic E-state index is 13.1. The summed E-state index contributed by atoms with van der Waals surface area (Å²) in [6.45, 7) is 1.91. The van der Waals surface area contributed by atoms with Gasteiger partial charge in [0, 0.05) is 5.56 Å². The van der Waals surface area contributed by atoms with Crippen molar-refractivity contribution in [1.29, 1.82) is 0 Å². The molecule has 1 unspecified atom stereocenters. The highest BCUT2D eigenvalue weighted by Crippen LogP contribution is 2.28. The molecule has 0 saturated heterocycles. The van der Waals surface area contributed by atoms with Crippen molar-refractivity contribution in [2.24, 2.45) is 0 Å². The summed E-state index contributed by atoms with van der Waals surface area (Å²) in [6.07, 6.45) is -1.13. The Kier molecular flexibility index (Phi) is 6.70. The van der Waals surface area contributed by atoms with Crippen molar-refractivity contribution in [3.63, 3.8) is 0 Å². The lowest BCUT2D eigenvalue weighted by atomic mass is 10.1. The van der Waals surface area contributed by atoms with Gasteiger partial charge >= 0.3 is 5.97 Å². The molecule has 0 heterocycles. The SMILES string of the molecule is COc1ccc(C(=O)OC(C(=O)Nc2cc(C)ccc2OC)c2ccccc2)cc1. The zero-order valence-electron chi connectivity index (χ0n) is 17.0. The number of methoxy groups -OCH3 is 2. The van der Waals surface area contributed by atoms with Crippen LogP contribution >= 0.6 is 0 Å². The molecule has 1 atom stereocenters. The Bertz CT molecular complexity index is 1020. The minimum Gasteiger partial charge on any atom is -0.497 e. The van der Waals surface area contributed by atoms with E-state index in [0.29, 0.717) is 28.3 Å². The lowest BCUT2D eigenvalue weighted by Crippen LogP contribution is -2.26. The van der Waals surface area contributed by atoms with E-state index in [-0.39, 0.29) is 0 Å². The van der Waals surface area contributed by atoms with Crippen molar-refractivity contribution in [2.45, 2.75) is 13.0 Å². The van der Waals surface area contributed by atoms with Crippen LogP contribution in [0.5, 0.6) is 11.5 Å². The van der Waals surface area contributed by atoms with Crippen LogP contribution in [-0.4, -0.2) is 26.1 Å². The van der Waals surface area contributed by atoms with Crippen LogP contribution in [0.15, 0.2) is 72.8 Å². The molecular formula is C24H23NO5.